The number of hydrogen-bond acceptors (Lipinski definition) is 5. The number of carbonyl (C=O) groups is 2. The van der Waals surface area contributed by atoms with Crippen molar-refractivity contribution in [3.05, 3.63) is 123 Å². The molecule has 3 aliphatic rings. The van der Waals surface area contributed by atoms with E-state index in [2.05, 4.69) is 14.8 Å². The number of hydrogen-bond donors (Lipinski definition) is 2. The van der Waals surface area contributed by atoms with E-state index >= 15 is 4.39 Å². The number of benzene rings is 4. The molecule has 1 saturated heterocycles. The van der Waals surface area contributed by atoms with Gasteiger partial charge in [0.05, 0.1) is 28.7 Å². The summed E-state index contributed by atoms with van der Waals surface area (Å²) in [7, 11) is 1.62. The number of methoxy groups -OCH3 is 1. The zero-order chi connectivity index (χ0) is 31.9. The van der Waals surface area contributed by atoms with Gasteiger partial charge in [-0.05, 0) is 66.1 Å². The van der Waals surface area contributed by atoms with Gasteiger partial charge in [-0.25, -0.2) is 14.2 Å². The number of fused-ring (bicyclic) bond motifs is 7. The number of anilines is 1. The molecule has 0 unspecified atom stereocenters. The van der Waals surface area contributed by atoms with Crippen LogP contribution in [0.3, 0.4) is 0 Å². The largest absolute Gasteiger partial charge is 0.497 e. The van der Waals surface area contributed by atoms with Gasteiger partial charge >= 0.3 is 5.97 Å². The van der Waals surface area contributed by atoms with Crippen LogP contribution in [0.4, 0.5) is 10.1 Å². The first-order valence-corrected chi connectivity index (χ1v) is 15.7. The van der Waals surface area contributed by atoms with E-state index in [1.165, 1.54) is 6.07 Å². The third kappa shape index (κ3) is 4.05. The fourth-order valence-corrected chi connectivity index (χ4v) is 8.40. The Morgan fingerprint density at radius 1 is 1.11 bits per heavy atom. The average molecular weight is 658 g/mol. The summed E-state index contributed by atoms with van der Waals surface area (Å²) in [5, 5.41) is 13.1. The molecule has 46 heavy (non-hydrogen) atoms. The van der Waals surface area contributed by atoms with Gasteiger partial charge < -0.3 is 19.7 Å². The van der Waals surface area contributed by atoms with Crippen molar-refractivity contribution in [3.8, 4) is 5.75 Å². The SMILES string of the molecule is COc1cccc(CCN2[C@H]3Cn4c(nc5cc(C(=O)O)ccc54)[C@H]3[C@H](c3cccc(Cl)c3F)[C@]23C(=O)Nc2cc(Cl)ccc23)c1. The number of carbonyl (C=O) groups excluding carboxylic acids is 1. The quantitative estimate of drug-likeness (QED) is 0.208. The third-order valence-corrected chi connectivity index (χ3v) is 10.4. The molecular weight excluding hydrogens is 630 g/mol. The molecule has 0 bridgehead atoms. The second-order valence-corrected chi connectivity index (χ2v) is 12.9. The van der Waals surface area contributed by atoms with Crippen molar-refractivity contribution < 1.29 is 23.8 Å². The van der Waals surface area contributed by atoms with E-state index in [0.717, 1.165) is 16.8 Å². The lowest BCUT2D eigenvalue weighted by Gasteiger charge is -2.40. The van der Waals surface area contributed by atoms with Gasteiger partial charge in [0, 0.05) is 47.2 Å². The van der Waals surface area contributed by atoms with Crippen molar-refractivity contribution in [2.75, 3.05) is 19.0 Å². The molecule has 4 heterocycles. The van der Waals surface area contributed by atoms with Crippen LogP contribution in [-0.2, 0) is 23.3 Å². The Hall–Kier alpha value is -4.44. The van der Waals surface area contributed by atoms with E-state index < -0.39 is 29.2 Å². The molecule has 1 fully saturated rings. The Labute approximate surface area is 273 Å². The van der Waals surface area contributed by atoms with Crippen LogP contribution >= 0.6 is 23.2 Å². The van der Waals surface area contributed by atoms with Crippen molar-refractivity contribution in [2.24, 2.45) is 0 Å². The molecule has 8 rings (SSSR count). The number of amides is 1. The fraction of sp³-hybridized carbons (Fsp3) is 0.229. The lowest BCUT2D eigenvalue weighted by atomic mass is 9.71. The van der Waals surface area contributed by atoms with Crippen LogP contribution in [0.2, 0.25) is 10.0 Å². The van der Waals surface area contributed by atoms with Gasteiger partial charge in [-0.2, -0.15) is 0 Å². The van der Waals surface area contributed by atoms with Crippen molar-refractivity contribution in [1.29, 1.82) is 0 Å². The van der Waals surface area contributed by atoms with Gasteiger partial charge in [-0.1, -0.05) is 53.5 Å². The molecule has 0 aliphatic carbocycles. The number of aromatic nitrogens is 2. The van der Waals surface area contributed by atoms with Crippen molar-refractivity contribution in [2.45, 2.75) is 36.4 Å². The van der Waals surface area contributed by atoms with Crippen LogP contribution in [0, 0.1) is 5.82 Å². The lowest BCUT2D eigenvalue weighted by molar-refractivity contribution is -0.128. The highest BCUT2D eigenvalue weighted by atomic mass is 35.5. The molecule has 232 valence electrons. The zero-order valence-electron chi connectivity index (χ0n) is 24.5. The maximum atomic E-state index is 16.3. The molecule has 5 aromatic rings. The number of ether oxygens (including phenoxy) is 1. The van der Waals surface area contributed by atoms with Crippen LogP contribution in [0.15, 0.2) is 78.9 Å². The summed E-state index contributed by atoms with van der Waals surface area (Å²) < 4.78 is 23.8. The molecule has 4 aromatic carbocycles. The molecule has 1 amide bonds. The summed E-state index contributed by atoms with van der Waals surface area (Å²) in [4.78, 5) is 33.6. The minimum absolute atomic E-state index is 0.0358. The van der Waals surface area contributed by atoms with Gasteiger partial charge in [-0.3, -0.25) is 9.69 Å². The van der Waals surface area contributed by atoms with Gasteiger partial charge in [0.15, 0.2) is 0 Å². The highest BCUT2D eigenvalue weighted by Crippen LogP contribution is 2.64. The third-order valence-electron chi connectivity index (χ3n) is 9.85. The molecule has 11 heteroatoms. The number of nitrogens with one attached hydrogen (secondary N) is 1. The molecule has 1 spiro atoms. The first-order valence-electron chi connectivity index (χ1n) is 14.9. The highest BCUT2D eigenvalue weighted by molar-refractivity contribution is 6.31. The Kier molecular flexibility index (Phi) is 6.65. The Balaban J connectivity index is 1.37. The zero-order valence-corrected chi connectivity index (χ0v) is 26.0. The van der Waals surface area contributed by atoms with Crippen LogP contribution in [0.1, 0.15) is 44.7 Å². The minimum Gasteiger partial charge on any atom is -0.497 e. The summed E-state index contributed by atoms with van der Waals surface area (Å²) in [5.41, 5.74) is 2.75. The molecule has 4 atom stereocenters. The molecule has 2 N–H and O–H groups in total. The number of carboxylic acids is 1. The first kappa shape index (κ1) is 29.0. The van der Waals surface area contributed by atoms with Crippen LogP contribution in [0.5, 0.6) is 5.75 Å². The lowest BCUT2D eigenvalue weighted by Crippen LogP contribution is -2.53. The van der Waals surface area contributed by atoms with Crippen molar-refractivity contribution in [1.82, 2.24) is 14.5 Å². The predicted octanol–water partition coefficient (Wildman–Crippen LogP) is 6.84. The summed E-state index contributed by atoms with van der Waals surface area (Å²) in [6.07, 6.45) is 0.591. The predicted molar refractivity (Wildman–Crippen MR) is 173 cm³/mol. The fourth-order valence-electron chi connectivity index (χ4n) is 8.05. The van der Waals surface area contributed by atoms with Crippen LogP contribution in [-0.4, -0.2) is 51.1 Å². The van der Waals surface area contributed by atoms with E-state index in [1.54, 1.807) is 49.6 Å². The normalized spacial score (nSPS) is 23.0. The van der Waals surface area contributed by atoms with Gasteiger partial charge in [0.25, 0.3) is 0 Å². The first-order chi connectivity index (χ1) is 22.2. The Morgan fingerprint density at radius 3 is 2.74 bits per heavy atom. The van der Waals surface area contributed by atoms with Gasteiger partial charge in [0.2, 0.25) is 5.91 Å². The number of carboxylic acid groups (broad SMARTS) is 1. The number of imidazole rings is 1. The smallest absolute Gasteiger partial charge is 0.335 e. The summed E-state index contributed by atoms with van der Waals surface area (Å²) in [6.45, 7) is 0.937. The van der Waals surface area contributed by atoms with Crippen molar-refractivity contribution in [3.63, 3.8) is 0 Å². The summed E-state index contributed by atoms with van der Waals surface area (Å²) in [6, 6.07) is 22.7. The Bertz CT molecular complexity index is 2100. The highest BCUT2D eigenvalue weighted by Gasteiger charge is 2.69. The number of aromatic carboxylic acids is 1. The minimum atomic E-state index is -1.32. The van der Waals surface area contributed by atoms with Gasteiger partial charge in [0.1, 0.15) is 22.9 Å². The molecule has 0 saturated carbocycles. The van der Waals surface area contributed by atoms with Crippen molar-refractivity contribution >= 4 is 51.8 Å². The number of likely N-dealkylation sites (tertiary alicyclic amines) is 1. The number of rotatable bonds is 6. The molecule has 3 aliphatic heterocycles. The number of halogens is 3. The monoisotopic (exact) mass is 656 g/mol. The van der Waals surface area contributed by atoms with Gasteiger partial charge in [-0.15, -0.1) is 0 Å². The standard InChI is InChI=1S/C35H27Cl2FN4O4/c1-46-21-5-2-4-18(14-21)12-13-42-28-17-41-27-11-8-19(33(43)44)15-26(27)39-32(41)29(28)30(22-6-3-7-24(37)31(22)38)35(42)23-10-9-20(36)16-25(23)40-34(35)45/h2-11,14-16,28-30H,12-13,17H2,1H3,(H,40,45)(H,43,44)/t28-,29+,30-,35+/m0/s1. The van der Waals surface area contributed by atoms with Crippen LogP contribution < -0.4 is 10.1 Å². The summed E-state index contributed by atoms with van der Waals surface area (Å²) in [5.74, 6) is -1.67. The topological polar surface area (TPSA) is 96.7 Å². The summed E-state index contributed by atoms with van der Waals surface area (Å²) >= 11 is 12.8. The molecule has 8 nitrogen and oxygen atoms in total. The second kappa shape index (κ2) is 10.6. The Morgan fingerprint density at radius 2 is 1.93 bits per heavy atom. The molecular formula is C35H27Cl2FN4O4. The second-order valence-electron chi connectivity index (χ2n) is 12.0. The molecule has 1 aromatic heterocycles. The maximum Gasteiger partial charge on any atom is 0.335 e. The van der Waals surface area contributed by atoms with E-state index in [1.807, 2.05) is 30.3 Å². The average Bonchev–Trinajstić information content (AvgIpc) is 3.74. The van der Waals surface area contributed by atoms with E-state index in [-0.39, 0.29) is 22.5 Å². The van der Waals surface area contributed by atoms with Crippen LogP contribution in [0.25, 0.3) is 11.0 Å². The van der Waals surface area contributed by atoms with E-state index in [0.29, 0.717) is 52.7 Å². The van der Waals surface area contributed by atoms with E-state index in [9.17, 15) is 14.7 Å². The molecule has 0 radical (unpaired) electrons. The van der Waals surface area contributed by atoms with E-state index in [4.69, 9.17) is 32.9 Å². The maximum absolute atomic E-state index is 16.3. The number of nitrogens with zero attached hydrogens (tertiary/aromatic N) is 3.